The minimum atomic E-state index is 1.11. The Morgan fingerprint density at radius 3 is 1.20 bits per heavy atom. The van der Waals surface area contributed by atoms with Crippen molar-refractivity contribution in [2.75, 3.05) is 0 Å². The number of rotatable bonds is 4. The van der Waals surface area contributed by atoms with Gasteiger partial charge in [0.05, 0.1) is 0 Å². The van der Waals surface area contributed by atoms with E-state index in [1.165, 1.54) is 72.0 Å². The quantitative estimate of drug-likeness (QED) is 0.231. The van der Waals surface area contributed by atoms with Crippen LogP contribution in [0.4, 0.5) is 0 Å². The van der Waals surface area contributed by atoms with E-state index in [4.69, 9.17) is 0 Å². The summed E-state index contributed by atoms with van der Waals surface area (Å²) in [7, 11) is 0. The van der Waals surface area contributed by atoms with Crippen LogP contribution in [0.2, 0.25) is 0 Å². The summed E-state index contributed by atoms with van der Waals surface area (Å²) in [6.07, 6.45) is 3.87. The van der Waals surface area contributed by atoms with Crippen molar-refractivity contribution >= 4 is 10.8 Å². The topological polar surface area (TPSA) is 12.9 Å². The molecule has 0 aliphatic heterocycles. The van der Waals surface area contributed by atoms with E-state index in [2.05, 4.69) is 138 Å². The maximum Gasteiger partial charge on any atom is 0.0346 e. The van der Waals surface area contributed by atoms with Crippen molar-refractivity contribution in [2.45, 2.75) is 0 Å². The molecule has 186 valence electrons. The zero-order chi connectivity index (χ0) is 26.5. The molecular weight excluding hydrogens is 482 g/mol. The van der Waals surface area contributed by atoms with E-state index in [9.17, 15) is 0 Å². The number of fused-ring (bicyclic) bond motifs is 3. The van der Waals surface area contributed by atoms with Crippen LogP contribution in [0.1, 0.15) is 0 Å². The van der Waals surface area contributed by atoms with Gasteiger partial charge < -0.3 is 0 Å². The van der Waals surface area contributed by atoms with Crippen LogP contribution in [0.3, 0.4) is 0 Å². The van der Waals surface area contributed by atoms with Gasteiger partial charge in [0, 0.05) is 23.5 Å². The largest absolute Gasteiger partial charge is 0.264 e. The molecule has 1 aliphatic carbocycles. The molecule has 0 saturated heterocycles. The minimum Gasteiger partial charge on any atom is -0.264 e. The summed E-state index contributed by atoms with van der Waals surface area (Å²) in [4.78, 5) is 4.60. The van der Waals surface area contributed by atoms with Gasteiger partial charge in [0.25, 0.3) is 0 Å². The van der Waals surface area contributed by atoms with E-state index in [0.717, 1.165) is 5.56 Å². The van der Waals surface area contributed by atoms with Gasteiger partial charge >= 0.3 is 0 Å². The first-order chi connectivity index (χ1) is 19.9. The fourth-order valence-electron chi connectivity index (χ4n) is 6.53. The average Bonchev–Trinajstić information content (AvgIpc) is 3.37. The van der Waals surface area contributed by atoms with Crippen molar-refractivity contribution < 1.29 is 0 Å². The van der Waals surface area contributed by atoms with Gasteiger partial charge in [-0.15, -0.1) is 0 Å². The van der Waals surface area contributed by atoms with Crippen LogP contribution in [-0.2, 0) is 0 Å². The molecule has 7 aromatic rings. The molecule has 0 unspecified atom stereocenters. The van der Waals surface area contributed by atoms with Gasteiger partial charge in [-0.2, -0.15) is 0 Å². The third-order valence-electron chi connectivity index (χ3n) is 8.08. The van der Waals surface area contributed by atoms with Crippen molar-refractivity contribution in [3.05, 3.63) is 152 Å². The lowest BCUT2D eigenvalue weighted by Gasteiger charge is -2.26. The average molecular weight is 508 g/mol. The third-order valence-corrected chi connectivity index (χ3v) is 8.08. The zero-order valence-corrected chi connectivity index (χ0v) is 21.9. The van der Waals surface area contributed by atoms with E-state index in [0.29, 0.717) is 0 Å². The van der Waals surface area contributed by atoms with Gasteiger partial charge in [-0.25, -0.2) is 0 Å². The summed E-state index contributed by atoms with van der Waals surface area (Å²) >= 11 is 0. The first-order valence-corrected chi connectivity index (χ1v) is 13.7. The zero-order valence-electron chi connectivity index (χ0n) is 21.9. The van der Waals surface area contributed by atoms with Gasteiger partial charge in [0.2, 0.25) is 0 Å². The van der Waals surface area contributed by atoms with Crippen molar-refractivity contribution in [3.63, 3.8) is 0 Å². The molecule has 0 atom stereocenters. The van der Waals surface area contributed by atoms with Crippen molar-refractivity contribution in [2.24, 2.45) is 0 Å². The van der Waals surface area contributed by atoms with Crippen LogP contribution in [0, 0.1) is 0 Å². The second-order valence-corrected chi connectivity index (χ2v) is 10.3. The van der Waals surface area contributed by atoms with Crippen LogP contribution >= 0.6 is 0 Å². The molecule has 6 aromatic carbocycles. The molecule has 0 amide bonds. The monoisotopic (exact) mass is 507 g/mol. The molecule has 1 aliphatic rings. The van der Waals surface area contributed by atoms with Crippen LogP contribution in [-0.4, -0.2) is 4.98 Å². The van der Waals surface area contributed by atoms with E-state index in [-0.39, 0.29) is 0 Å². The number of nitrogens with zero attached hydrogens (tertiary/aromatic N) is 1. The molecule has 40 heavy (non-hydrogen) atoms. The highest BCUT2D eigenvalue weighted by Crippen LogP contribution is 2.60. The normalized spacial score (nSPS) is 11.5. The van der Waals surface area contributed by atoms with Gasteiger partial charge in [-0.3, -0.25) is 4.98 Å². The Hall–Kier alpha value is -5.27. The van der Waals surface area contributed by atoms with E-state index in [1.54, 1.807) is 0 Å². The third kappa shape index (κ3) is 3.38. The van der Waals surface area contributed by atoms with E-state index < -0.39 is 0 Å². The fraction of sp³-hybridized carbons (Fsp3) is 0. The van der Waals surface area contributed by atoms with Crippen molar-refractivity contribution in [1.29, 1.82) is 0 Å². The molecule has 0 fully saturated rings. The minimum absolute atomic E-state index is 1.11. The number of pyridine rings is 1. The molecule has 1 heteroatoms. The number of hydrogen-bond donors (Lipinski definition) is 0. The molecule has 8 rings (SSSR count). The Balaban J connectivity index is 1.69. The first kappa shape index (κ1) is 22.7. The summed E-state index contributed by atoms with van der Waals surface area (Å²) in [6, 6.07) is 50.3. The second-order valence-electron chi connectivity index (χ2n) is 10.3. The maximum absolute atomic E-state index is 4.60. The van der Waals surface area contributed by atoms with Crippen molar-refractivity contribution in [3.8, 4) is 66.8 Å². The molecule has 0 spiro atoms. The first-order valence-electron chi connectivity index (χ1n) is 13.7. The molecule has 1 heterocycles. The van der Waals surface area contributed by atoms with Gasteiger partial charge in [0.1, 0.15) is 0 Å². The number of hydrogen-bond acceptors (Lipinski definition) is 1. The highest BCUT2D eigenvalue weighted by Gasteiger charge is 2.33. The lowest BCUT2D eigenvalue weighted by molar-refractivity contribution is 1.33. The molecule has 0 bridgehead atoms. The second kappa shape index (κ2) is 9.18. The molecule has 1 nitrogen and oxygen atoms in total. The Morgan fingerprint density at radius 1 is 0.325 bits per heavy atom. The van der Waals surface area contributed by atoms with Crippen LogP contribution in [0.5, 0.6) is 0 Å². The van der Waals surface area contributed by atoms with Crippen molar-refractivity contribution in [1.82, 2.24) is 4.98 Å². The van der Waals surface area contributed by atoms with Crippen LogP contribution in [0.25, 0.3) is 77.5 Å². The highest BCUT2D eigenvalue weighted by atomic mass is 14.6. The summed E-state index contributed by atoms with van der Waals surface area (Å²) < 4.78 is 0. The number of benzene rings is 6. The Morgan fingerprint density at radius 2 is 0.750 bits per heavy atom. The summed E-state index contributed by atoms with van der Waals surface area (Å²) in [5.74, 6) is 0. The molecule has 0 radical (unpaired) electrons. The fourth-order valence-corrected chi connectivity index (χ4v) is 6.53. The van der Waals surface area contributed by atoms with Gasteiger partial charge in [0.15, 0.2) is 0 Å². The summed E-state index contributed by atoms with van der Waals surface area (Å²) in [5, 5.41) is 2.60. The predicted molar refractivity (Wildman–Crippen MR) is 168 cm³/mol. The van der Waals surface area contributed by atoms with Gasteiger partial charge in [-0.1, -0.05) is 133 Å². The Labute approximate surface area is 234 Å². The van der Waals surface area contributed by atoms with Crippen LogP contribution < -0.4 is 0 Å². The summed E-state index contributed by atoms with van der Waals surface area (Å²) in [5.41, 5.74) is 14.9. The Kier molecular flexibility index (Phi) is 5.21. The standard InChI is InChI=1S/C39H25N/c1-4-13-27(14-5-1)34-35(28-15-6-2-7-16-28)38-31-22-10-19-26-20-11-23-32(33(26)31)39(38)36(29-17-8-3-9-18-29)37(34)30-21-12-24-40-25-30/h1-25H. The molecule has 0 N–H and O–H groups in total. The maximum atomic E-state index is 4.60. The predicted octanol–water partition coefficient (Wildman–Crippen LogP) is 10.6. The molecular formula is C39H25N. The number of aromatic nitrogens is 1. The Bertz CT molecular complexity index is 1870. The molecule has 0 saturated carbocycles. The van der Waals surface area contributed by atoms with Gasteiger partial charge in [-0.05, 0) is 72.5 Å². The van der Waals surface area contributed by atoms with Crippen LogP contribution in [0.15, 0.2) is 152 Å². The smallest absolute Gasteiger partial charge is 0.0346 e. The molecule has 1 aromatic heterocycles. The van der Waals surface area contributed by atoms with E-state index >= 15 is 0 Å². The summed E-state index contributed by atoms with van der Waals surface area (Å²) in [6.45, 7) is 0. The highest BCUT2D eigenvalue weighted by molar-refractivity contribution is 6.25. The SMILES string of the molecule is c1ccc(-c2c(-c3cccnc3)c(-c3ccccc3)c3c(c2-c2ccccc2)-c2cccc4cccc-3c24)cc1. The van der Waals surface area contributed by atoms with E-state index in [1.807, 2.05) is 18.5 Å². The lowest BCUT2D eigenvalue weighted by Crippen LogP contribution is -1.99. The lowest BCUT2D eigenvalue weighted by atomic mass is 9.77.